The van der Waals surface area contributed by atoms with Crippen molar-refractivity contribution in [1.29, 1.82) is 0 Å². The third-order valence-corrected chi connectivity index (χ3v) is 4.06. The predicted molar refractivity (Wildman–Crippen MR) is 101 cm³/mol. The van der Waals surface area contributed by atoms with Crippen molar-refractivity contribution in [3.63, 3.8) is 0 Å². The van der Waals surface area contributed by atoms with Crippen molar-refractivity contribution in [1.82, 2.24) is 4.57 Å². The molecule has 0 fully saturated rings. The maximum Gasteiger partial charge on any atom is 0.244 e. The van der Waals surface area contributed by atoms with Gasteiger partial charge < -0.3 is 14.6 Å². The van der Waals surface area contributed by atoms with Crippen LogP contribution in [0.4, 0.5) is 14.5 Å². The molecule has 28 heavy (non-hydrogen) atoms. The molecule has 3 aromatic rings. The topological polar surface area (TPSA) is 60.3 Å². The third kappa shape index (κ3) is 5.03. The average Bonchev–Trinajstić information content (AvgIpc) is 2.66. The summed E-state index contributed by atoms with van der Waals surface area (Å²) in [5, 5.41) is 2.66. The number of carbonyl (C=O) groups is 1. The summed E-state index contributed by atoms with van der Waals surface area (Å²) in [7, 11) is 0. The van der Waals surface area contributed by atoms with E-state index >= 15 is 0 Å². The lowest BCUT2D eigenvalue weighted by Crippen LogP contribution is -2.22. The first-order valence-corrected chi connectivity index (χ1v) is 8.54. The van der Waals surface area contributed by atoms with Crippen molar-refractivity contribution in [2.75, 3.05) is 5.32 Å². The molecule has 0 bridgehead atoms. The van der Waals surface area contributed by atoms with E-state index in [0.717, 1.165) is 0 Å². The van der Waals surface area contributed by atoms with Crippen LogP contribution >= 0.6 is 0 Å². The fourth-order valence-electron chi connectivity index (χ4n) is 2.56. The lowest BCUT2D eigenvalue weighted by molar-refractivity contribution is -0.116. The summed E-state index contributed by atoms with van der Waals surface area (Å²) >= 11 is 0. The Hall–Kier alpha value is -3.48. The molecule has 1 aromatic heterocycles. The van der Waals surface area contributed by atoms with Crippen molar-refractivity contribution in [2.24, 2.45) is 0 Å². The molecule has 0 atom stereocenters. The standard InChI is InChI=1S/C21H18F2N2O3/c1-14-10-19(26)20(28-13-15-2-4-16(22)5-3-15)11-25(14)12-21(27)24-18-8-6-17(23)7-9-18/h2-11H,12-13H2,1H3,(H,24,27). The summed E-state index contributed by atoms with van der Waals surface area (Å²) in [4.78, 5) is 24.4. The number of hydrogen-bond acceptors (Lipinski definition) is 3. The molecule has 0 saturated carbocycles. The van der Waals surface area contributed by atoms with Gasteiger partial charge in [-0.3, -0.25) is 9.59 Å². The average molecular weight is 384 g/mol. The van der Waals surface area contributed by atoms with Crippen LogP contribution in [0.25, 0.3) is 0 Å². The second kappa shape index (κ2) is 8.47. The summed E-state index contributed by atoms with van der Waals surface area (Å²) in [6.07, 6.45) is 1.46. The van der Waals surface area contributed by atoms with Crippen molar-refractivity contribution in [3.8, 4) is 5.75 Å². The fourth-order valence-corrected chi connectivity index (χ4v) is 2.56. The van der Waals surface area contributed by atoms with Crippen LogP contribution in [0.15, 0.2) is 65.6 Å². The van der Waals surface area contributed by atoms with Crippen LogP contribution in [0.5, 0.6) is 5.75 Å². The number of halogens is 2. The molecule has 7 heteroatoms. The minimum Gasteiger partial charge on any atom is -0.483 e. The van der Waals surface area contributed by atoms with Crippen molar-refractivity contribution >= 4 is 11.6 Å². The number of amides is 1. The number of benzene rings is 2. The molecule has 144 valence electrons. The normalized spacial score (nSPS) is 10.5. The highest BCUT2D eigenvalue weighted by Crippen LogP contribution is 2.12. The number of anilines is 1. The molecule has 5 nitrogen and oxygen atoms in total. The lowest BCUT2D eigenvalue weighted by atomic mass is 10.2. The number of rotatable bonds is 6. The lowest BCUT2D eigenvalue weighted by Gasteiger charge is -2.13. The minimum atomic E-state index is -0.391. The van der Waals surface area contributed by atoms with E-state index in [-0.39, 0.29) is 36.1 Å². The van der Waals surface area contributed by atoms with Crippen molar-refractivity contribution in [3.05, 3.63) is 93.9 Å². The van der Waals surface area contributed by atoms with Gasteiger partial charge in [-0.2, -0.15) is 0 Å². The van der Waals surface area contributed by atoms with Gasteiger partial charge in [0.1, 0.15) is 24.8 Å². The fraction of sp³-hybridized carbons (Fsp3) is 0.143. The van der Waals surface area contributed by atoms with Gasteiger partial charge in [0.05, 0.1) is 6.20 Å². The summed E-state index contributed by atoms with van der Waals surface area (Å²) in [6, 6.07) is 12.6. The van der Waals surface area contributed by atoms with Gasteiger partial charge in [0.2, 0.25) is 11.3 Å². The second-order valence-corrected chi connectivity index (χ2v) is 6.24. The summed E-state index contributed by atoms with van der Waals surface area (Å²) in [5.74, 6) is -0.988. The molecule has 1 N–H and O–H groups in total. The Kier molecular flexibility index (Phi) is 5.84. The van der Waals surface area contributed by atoms with Crippen LogP contribution in [0.3, 0.4) is 0 Å². The zero-order valence-corrected chi connectivity index (χ0v) is 15.1. The highest BCUT2D eigenvalue weighted by molar-refractivity contribution is 5.90. The largest absolute Gasteiger partial charge is 0.483 e. The number of aromatic nitrogens is 1. The van der Waals surface area contributed by atoms with Crippen LogP contribution in [0.1, 0.15) is 11.3 Å². The molecule has 1 amide bonds. The Morgan fingerprint density at radius 1 is 1.04 bits per heavy atom. The van der Waals surface area contributed by atoms with Crippen molar-refractivity contribution in [2.45, 2.75) is 20.1 Å². The Morgan fingerprint density at radius 2 is 1.64 bits per heavy atom. The summed E-state index contributed by atoms with van der Waals surface area (Å²) < 4.78 is 33.0. The molecule has 1 heterocycles. The Bertz CT molecular complexity index is 1030. The maximum atomic E-state index is 13.0. The first-order valence-electron chi connectivity index (χ1n) is 8.54. The first kappa shape index (κ1) is 19.3. The molecule has 0 radical (unpaired) electrons. The number of aryl methyl sites for hydroxylation is 1. The van der Waals surface area contributed by atoms with Gasteiger partial charge in [0, 0.05) is 17.4 Å². The van der Waals surface area contributed by atoms with Gasteiger partial charge in [-0.05, 0) is 48.9 Å². The van der Waals surface area contributed by atoms with Gasteiger partial charge >= 0.3 is 0 Å². The maximum absolute atomic E-state index is 13.0. The molecular formula is C21H18F2N2O3. The van der Waals surface area contributed by atoms with Gasteiger partial charge in [-0.1, -0.05) is 12.1 Å². The van der Waals surface area contributed by atoms with E-state index in [1.807, 2.05) is 0 Å². The number of nitrogens with zero attached hydrogens (tertiary/aromatic N) is 1. The molecule has 0 saturated heterocycles. The van der Waals surface area contributed by atoms with Crippen LogP contribution in [0, 0.1) is 18.6 Å². The monoisotopic (exact) mass is 384 g/mol. The predicted octanol–water partition coefficient (Wildman–Crippen LogP) is 3.65. The van der Waals surface area contributed by atoms with Gasteiger partial charge in [-0.25, -0.2) is 8.78 Å². The van der Waals surface area contributed by atoms with Crippen molar-refractivity contribution < 1.29 is 18.3 Å². The molecule has 0 spiro atoms. The quantitative estimate of drug-likeness (QED) is 0.706. The Balaban J connectivity index is 1.69. The van der Waals surface area contributed by atoms with Crippen LogP contribution in [0.2, 0.25) is 0 Å². The molecule has 0 aliphatic carbocycles. The van der Waals surface area contributed by atoms with E-state index in [1.165, 1.54) is 48.7 Å². The first-order chi connectivity index (χ1) is 13.4. The highest BCUT2D eigenvalue weighted by atomic mass is 19.1. The van der Waals surface area contributed by atoms with Gasteiger partial charge in [0.25, 0.3) is 0 Å². The minimum absolute atomic E-state index is 0.0452. The summed E-state index contributed by atoms with van der Waals surface area (Å²) in [6.45, 7) is 1.76. The van der Waals surface area contributed by atoms with E-state index in [9.17, 15) is 18.4 Å². The molecule has 0 aliphatic heterocycles. The third-order valence-electron chi connectivity index (χ3n) is 4.06. The van der Waals surface area contributed by atoms with Crippen LogP contribution in [-0.2, 0) is 17.9 Å². The van der Waals surface area contributed by atoms with Crippen LogP contribution in [-0.4, -0.2) is 10.5 Å². The van der Waals surface area contributed by atoms with Crippen LogP contribution < -0.4 is 15.5 Å². The number of carbonyl (C=O) groups excluding carboxylic acids is 1. The van der Waals surface area contributed by atoms with E-state index < -0.39 is 5.82 Å². The summed E-state index contributed by atoms with van der Waals surface area (Å²) in [5.41, 5.74) is 1.46. The van der Waals surface area contributed by atoms with E-state index in [4.69, 9.17) is 4.74 Å². The molecule has 3 rings (SSSR count). The van der Waals surface area contributed by atoms with Gasteiger partial charge in [0.15, 0.2) is 5.75 Å². The Morgan fingerprint density at radius 3 is 2.29 bits per heavy atom. The Labute approximate surface area is 160 Å². The SMILES string of the molecule is Cc1cc(=O)c(OCc2ccc(F)cc2)cn1CC(=O)Nc1ccc(F)cc1. The molecule has 0 unspecified atom stereocenters. The molecule has 0 aliphatic rings. The van der Waals surface area contributed by atoms with E-state index in [0.29, 0.717) is 16.9 Å². The highest BCUT2D eigenvalue weighted by Gasteiger charge is 2.10. The number of ether oxygens (including phenoxy) is 1. The van der Waals surface area contributed by atoms with E-state index in [1.54, 1.807) is 23.6 Å². The number of pyridine rings is 1. The molecular weight excluding hydrogens is 366 g/mol. The number of hydrogen-bond donors (Lipinski definition) is 1. The zero-order valence-electron chi connectivity index (χ0n) is 15.1. The smallest absolute Gasteiger partial charge is 0.244 e. The van der Waals surface area contributed by atoms with E-state index in [2.05, 4.69) is 5.32 Å². The van der Waals surface area contributed by atoms with Gasteiger partial charge in [-0.15, -0.1) is 0 Å². The molecule has 2 aromatic carbocycles. The number of nitrogens with one attached hydrogen (secondary N) is 1. The zero-order chi connectivity index (χ0) is 20.1. The second-order valence-electron chi connectivity index (χ2n) is 6.24.